The van der Waals surface area contributed by atoms with Crippen molar-refractivity contribution in [2.75, 3.05) is 38.5 Å². The normalized spacial score (nSPS) is 15.5. The molecule has 31 heavy (non-hydrogen) atoms. The Morgan fingerprint density at radius 3 is 2.35 bits per heavy atom. The van der Waals surface area contributed by atoms with E-state index in [9.17, 15) is 28.1 Å². The van der Waals surface area contributed by atoms with Gasteiger partial charge in [0.15, 0.2) is 0 Å². The average molecular weight is 438 g/mol. The monoisotopic (exact) mass is 438 g/mol. The maximum absolute atomic E-state index is 13.6. The summed E-state index contributed by atoms with van der Waals surface area (Å²) in [6, 6.07) is 8.36. The van der Waals surface area contributed by atoms with Crippen molar-refractivity contribution in [3.05, 3.63) is 63.7 Å². The number of hydrogen-bond donors (Lipinski definition) is 1. The zero-order valence-electron chi connectivity index (χ0n) is 16.7. The van der Waals surface area contributed by atoms with E-state index >= 15 is 0 Å². The highest BCUT2D eigenvalue weighted by Gasteiger charge is 2.34. The van der Waals surface area contributed by atoms with Crippen LogP contribution in [-0.4, -0.2) is 54.0 Å². The molecule has 0 bridgehead atoms. The predicted molar refractivity (Wildman–Crippen MR) is 107 cm³/mol. The number of halogens is 3. The van der Waals surface area contributed by atoms with Gasteiger partial charge in [0.2, 0.25) is 0 Å². The minimum Gasteiger partial charge on any atom is -0.410 e. The molecule has 1 aliphatic heterocycles. The van der Waals surface area contributed by atoms with Crippen LogP contribution in [0, 0.1) is 10.1 Å². The highest BCUT2D eigenvalue weighted by Crippen LogP contribution is 2.34. The van der Waals surface area contributed by atoms with Crippen LogP contribution in [0.4, 0.5) is 29.3 Å². The number of carbonyl (C=O) groups is 1. The summed E-state index contributed by atoms with van der Waals surface area (Å²) < 4.78 is 45.8. The third-order valence-corrected chi connectivity index (χ3v) is 4.91. The summed E-state index contributed by atoms with van der Waals surface area (Å²) in [5, 5.41) is 12.9. The van der Waals surface area contributed by atoms with Gasteiger partial charge in [0.25, 0.3) is 5.69 Å². The van der Waals surface area contributed by atoms with Gasteiger partial charge >= 0.3 is 12.3 Å². The molecule has 0 radical (unpaired) electrons. The van der Waals surface area contributed by atoms with Crippen LogP contribution >= 0.6 is 0 Å². The van der Waals surface area contributed by atoms with Gasteiger partial charge in [-0.3, -0.25) is 20.3 Å². The lowest BCUT2D eigenvalue weighted by atomic mass is 10.0. The van der Waals surface area contributed by atoms with Gasteiger partial charge in [-0.15, -0.1) is 0 Å². The van der Waals surface area contributed by atoms with E-state index in [1.165, 1.54) is 24.3 Å². The quantitative estimate of drug-likeness (QED) is 0.562. The van der Waals surface area contributed by atoms with E-state index in [1.807, 2.05) is 11.9 Å². The molecule has 0 unspecified atom stereocenters. The van der Waals surface area contributed by atoms with E-state index in [4.69, 9.17) is 4.74 Å². The SMILES string of the molecule is CN1CCN(Cc2ccc(NC(=O)Oc3ccc([N+](=O)[O-])cc3)cc2C(F)(F)F)CC1. The van der Waals surface area contributed by atoms with Crippen molar-refractivity contribution < 1.29 is 27.6 Å². The van der Waals surface area contributed by atoms with Crippen LogP contribution in [0.2, 0.25) is 0 Å². The summed E-state index contributed by atoms with van der Waals surface area (Å²) >= 11 is 0. The molecule has 0 aliphatic carbocycles. The molecule has 1 aliphatic rings. The van der Waals surface area contributed by atoms with E-state index in [-0.39, 0.29) is 29.2 Å². The van der Waals surface area contributed by atoms with Crippen molar-refractivity contribution in [2.24, 2.45) is 0 Å². The summed E-state index contributed by atoms with van der Waals surface area (Å²) in [6.45, 7) is 3.09. The molecule has 0 aromatic heterocycles. The topological polar surface area (TPSA) is 88.0 Å². The zero-order chi connectivity index (χ0) is 22.6. The smallest absolute Gasteiger partial charge is 0.410 e. The van der Waals surface area contributed by atoms with Crippen LogP contribution in [-0.2, 0) is 12.7 Å². The molecule has 8 nitrogen and oxygen atoms in total. The van der Waals surface area contributed by atoms with Gasteiger partial charge in [-0.25, -0.2) is 4.79 Å². The van der Waals surface area contributed by atoms with Gasteiger partial charge in [-0.05, 0) is 36.9 Å². The molecule has 2 aromatic carbocycles. The second-order valence-corrected chi connectivity index (χ2v) is 7.21. The van der Waals surface area contributed by atoms with Gasteiger partial charge in [0.1, 0.15) is 5.75 Å². The van der Waals surface area contributed by atoms with Gasteiger partial charge in [0.05, 0.1) is 10.5 Å². The Morgan fingerprint density at radius 1 is 1.13 bits per heavy atom. The maximum atomic E-state index is 13.6. The van der Waals surface area contributed by atoms with E-state index in [2.05, 4.69) is 10.2 Å². The molecule has 0 spiro atoms. The molecule has 166 valence electrons. The summed E-state index contributed by atoms with van der Waals surface area (Å²) in [7, 11) is 1.97. The third-order valence-electron chi connectivity index (χ3n) is 4.91. The fraction of sp³-hybridized carbons (Fsp3) is 0.350. The Labute approximate surface area is 176 Å². The van der Waals surface area contributed by atoms with Crippen LogP contribution in [0.1, 0.15) is 11.1 Å². The molecule has 0 saturated carbocycles. The van der Waals surface area contributed by atoms with Crippen molar-refractivity contribution in [1.82, 2.24) is 9.80 Å². The van der Waals surface area contributed by atoms with Crippen LogP contribution in [0.5, 0.6) is 5.75 Å². The number of ether oxygens (including phenoxy) is 1. The standard InChI is InChI=1S/C20H21F3N4O4/c1-25-8-10-26(11-9-25)13-14-2-3-15(12-18(14)20(21,22)23)24-19(28)31-17-6-4-16(5-7-17)27(29)30/h2-7,12H,8-11,13H2,1H3,(H,24,28). The number of nitrogens with one attached hydrogen (secondary N) is 1. The number of nitro benzene ring substituents is 1. The number of carbonyl (C=O) groups excluding carboxylic acids is 1. The van der Waals surface area contributed by atoms with Crippen LogP contribution in [0.3, 0.4) is 0 Å². The lowest BCUT2D eigenvalue weighted by Gasteiger charge is -2.33. The van der Waals surface area contributed by atoms with Gasteiger partial charge < -0.3 is 9.64 Å². The predicted octanol–water partition coefficient (Wildman–Crippen LogP) is 3.97. The van der Waals surface area contributed by atoms with E-state index in [0.717, 1.165) is 31.3 Å². The number of alkyl halides is 3. The number of hydrogen-bond acceptors (Lipinski definition) is 6. The Hall–Kier alpha value is -3.18. The molecular weight excluding hydrogens is 417 g/mol. The average Bonchev–Trinajstić information content (AvgIpc) is 2.70. The summed E-state index contributed by atoms with van der Waals surface area (Å²) in [6.07, 6.45) is -5.59. The number of amides is 1. The highest BCUT2D eigenvalue weighted by molar-refractivity contribution is 5.86. The molecule has 0 atom stereocenters. The van der Waals surface area contributed by atoms with Crippen LogP contribution in [0.25, 0.3) is 0 Å². The number of nitro groups is 1. The Kier molecular flexibility index (Phi) is 6.76. The number of anilines is 1. The summed E-state index contributed by atoms with van der Waals surface area (Å²) in [5.74, 6) is 0.0193. The summed E-state index contributed by atoms with van der Waals surface area (Å²) in [4.78, 5) is 26.1. The first-order chi connectivity index (χ1) is 14.6. The second-order valence-electron chi connectivity index (χ2n) is 7.21. The first-order valence-corrected chi connectivity index (χ1v) is 9.46. The molecule has 1 N–H and O–H groups in total. The van der Waals surface area contributed by atoms with E-state index < -0.39 is 22.8 Å². The molecular formula is C20H21F3N4O4. The number of benzene rings is 2. The first-order valence-electron chi connectivity index (χ1n) is 9.46. The molecule has 1 heterocycles. The fourth-order valence-electron chi connectivity index (χ4n) is 3.19. The molecule has 1 amide bonds. The summed E-state index contributed by atoms with van der Waals surface area (Å²) in [5.41, 5.74) is -0.939. The molecule has 3 rings (SSSR count). The van der Waals surface area contributed by atoms with E-state index in [0.29, 0.717) is 13.1 Å². The van der Waals surface area contributed by atoms with Crippen molar-refractivity contribution in [3.8, 4) is 5.75 Å². The molecule has 2 aromatic rings. The van der Waals surface area contributed by atoms with Crippen LogP contribution in [0.15, 0.2) is 42.5 Å². The van der Waals surface area contributed by atoms with E-state index in [1.54, 1.807) is 0 Å². The van der Waals surface area contributed by atoms with Gasteiger partial charge in [-0.1, -0.05) is 6.07 Å². The molecule has 1 saturated heterocycles. The van der Waals surface area contributed by atoms with Gasteiger partial charge in [0, 0.05) is 50.5 Å². The number of likely N-dealkylation sites (N-methyl/N-ethyl adjacent to an activating group) is 1. The minimum atomic E-state index is -4.58. The van der Waals surface area contributed by atoms with Crippen molar-refractivity contribution in [3.63, 3.8) is 0 Å². The van der Waals surface area contributed by atoms with Crippen molar-refractivity contribution >= 4 is 17.5 Å². The highest BCUT2D eigenvalue weighted by atomic mass is 19.4. The number of nitrogens with zero attached hydrogens (tertiary/aromatic N) is 3. The number of piperazine rings is 1. The third kappa shape index (κ3) is 6.15. The second kappa shape index (κ2) is 9.31. The minimum absolute atomic E-state index is 0.0193. The maximum Gasteiger partial charge on any atom is 0.417 e. The Balaban J connectivity index is 1.69. The lowest BCUT2D eigenvalue weighted by molar-refractivity contribution is -0.384. The fourth-order valence-corrected chi connectivity index (χ4v) is 3.19. The largest absolute Gasteiger partial charge is 0.417 e. The number of non-ortho nitro benzene ring substituents is 1. The Morgan fingerprint density at radius 2 is 1.77 bits per heavy atom. The van der Waals surface area contributed by atoms with Crippen LogP contribution < -0.4 is 10.1 Å². The zero-order valence-corrected chi connectivity index (χ0v) is 16.7. The molecule has 1 fully saturated rings. The lowest BCUT2D eigenvalue weighted by Crippen LogP contribution is -2.44. The van der Waals surface area contributed by atoms with Crippen molar-refractivity contribution in [1.29, 1.82) is 0 Å². The van der Waals surface area contributed by atoms with Gasteiger partial charge in [-0.2, -0.15) is 13.2 Å². The first kappa shape index (κ1) is 22.5. The van der Waals surface area contributed by atoms with Crippen molar-refractivity contribution in [2.45, 2.75) is 12.7 Å². The molecule has 11 heteroatoms. The number of rotatable bonds is 5. The Bertz CT molecular complexity index is 942.